The summed E-state index contributed by atoms with van der Waals surface area (Å²) in [5, 5.41) is 2.76. The lowest BCUT2D eigenvalue weighted by atomic mass is 10.1. The Labute approximate surface area is 148 Å². The van der Waals surface area contributed by atoms with E-state index in [0.29, 0.717) is 17.8 Å². The van der Waals surface area contributed by atoms with Crippen molar-refractivity contribution in [3.63, 3.8) is 0 Å². The van der Waals surface area contributed by atoms with Crippen molar-refractivity contribution < 1.29 is 13.2 Å². The van der Waals surface area contributed by atoms with Crippen LogP contribution in [0.3, 0.4) is 0 Å². The molecule has 0 bridgehead atoms. The maximum absolute atomic E-state index is 12.2. The second-order valence-electron chi connectivity index (χ2n) is 5.61. The molecule has 2 aromatic carbocycles. The molecule has 6 heteroatoms. The molecule has 2 rings (SSSR count). The fourth-order valence-electron chi connectivity index (χ4n) is 2.13. The summed E-state index contributed by atoms with van der Waals surface area (Å²) in [4.78, 5) is 12.4. The zero-order chi connectivity index (χ0) is 18.3. The molecule has 0 aromatic heterocycles. The number of carbonyl (C=O) groups excluding carboxylic acids is 1. The molecule has 0 saturated heterocycles. The molecule has 0 spiro atoms. The van der Waals surface area contributed by atoms with Crippen LogP contribution in [0.5, 0.6) is 0 Å². The summed E-state index contributed by atoms with van der Waals surface area (Å²) in [5.41, 5.74) is 2.05. The van der Waals surface area contributed by atoms with Gasteiger partial charge in [-0.05, 0) is 49.2 Å². The Hall–Kier alpha value is -2.44. The van der Waals surface area contributed by atoms with Gasteiger partial charge in [0.1, 0.15) is 0 Å². The first-order valence-corrected chi connectivity index (χ1v) is 9.55. The summed E-state index contributed by atoms with van der Waals surface area (Å²) in [6.07, 6.45) is 2.52. The normalized spacial score (nSPS) is 12.0. The predicted molar refractivity (Wildman–Crippen MR) is 101 cm³/mol. The van der Waals surface area contributed by atoms with Gasteiger partial charge in [0.05, 0.1) is 4.90 Å². The van der Waals surface area contributed by atoms with Crippen LogP contribution in [0.15, 0.2) is 65.1 Å². The van der Waals surface area contributed by atoms with E-state index in [0.717, 1.165) is 12.0 Å². The van der Waals surface area contributed by atoms with E-state index in [1.54, 1.807) is 25.1 Å². The van der Waals surface area contributed by atoms with E-state index in [-0.39, 0.29) is 10.8 Å². The fourth-order valence-corrected chi connectivity index (χ4v) is 3.27. The second-order valence-corrected chi connectivity index (χ2v) is 7.38. The molecule has 1 amide bonds. The number of rotatable bonds is 7. The number of hydrogen-bond acceptors (Lipinski definition) is 3. The molecule has 5 nitrogen and oxygen atoms in total. The van der Waals surface area contributed by atoms with Gasteiger partial charge in [-0.1, -0.05) is 37.3 Å². The summed E-state index contributed by atoms with van der Waals surface area (Å²) in [5.74, 6) is -0.233. The smallest absolute Gasteiger partial charge is 0.251 e. The van der Waals surface area contributed by atoms with Gasteiger partial charge < -0.3 is 5.32 Å². The molecular formula is C19H22N2O3S. The fraction of sp³-hybridized carbons (Fsp3) is 0.211. The highest BCUT2D eigenvalue weighted by Gasteiger charge is 2.13. The summed E-state index contributed by atoms with van der Waals surface area (Å²) < 4.78 is 26.6. The van der Waals surface area contributed by atoms with Crippen molar-refractivity contribution >= 4 is 27.7 Å². The minimum Gasteiger partial charge on any atom is -0.322 e. The molecule has 0 aliphatic rings. The third-order valence-electron chi connectivity index (χ3n) is 3.51. The lowest BCUT2D eigenvalue weighted by Crippen LogP contribution is -2.24. The third-order valence-corrected chi connectivity index (χ3v) is 4.98. The maximum atomic E-state index is 12.2. The van der Waals surface area contributed by atoms with Crippen molar-refractivity contribution in [1.29, 1.82) is 0 Å². The van der Waals surface area contributed by atoms with Crippen molar-refractivity contribution in [3.8, 4) is 0 Å². The Kier molecular flexibility index (Phi) is 6.50. The number of sulfonamides is 1. The molecule has 0 atom stereocenters. The van der Waals surface area contributed by atoms with Crippen molar-refractivity contribution in [2.45, 2.75) is 25.2 Å². The standard InChI is InChI=1S/C19H22N2O3S/c1-3-13-20-25(23,24)18-11-9-17(10-12-18)21-19(22)15(2)14-16-7-5-4-6-8-16/h4-12,14,20H,3,13H2,1-2H3,(H,21,22)/b15-14+. The summed E-state index contributed by atoms with van der Waals surface area (Å²) >= 11 is 0. The van der Waals surface area contributed by atoms with Crippen LogP contribution in [-0.4, -0.2) is 20.9 Å². The van der Waals surface area contributed by atoms with E-state index in [2.05, 4.69) is 10.0 Å². The molecule has 2 aromatic rings. The minimum atomic E-state index is -3.50. The van der Waals surface area contributed by atoms with E-state index >= 15 is 0 Å². The molecule has 0 fully saturated rings. The molecule has 0 unspecified atom stereocenters. The van der Waals surface area contributed by atoms with E-state index in [1.807, 2.05) is 37.3 Å². The van der Waals surface area contributed by atoms with Crippen molar-refractivity contribution in [2.75, 3.05) is 11.9 Å². The zero-order valence-electron chi connectivity index (χ0n) is 14.3. The van der Waals surface area contributed by atoms with E-state index in [1.165, 1.54) is 12.1 Å². The average Bonchev–Trinajstić information content (AvgIpc) is 2.61. The Morgan fingerprint density at radius 2 is 1.68 bits per heavy atom. The van der Waals surface area contributed by atoms with Gasteiger partial charge in [0.25, 0.3) is 5.91 Å². The largest absolute Gasteiger partial charge is 0.322 e. The predicted octanol–water partition coefficient (Wildman–Crippen LogP) is 3.42. The van der Waals surface area contributed by atoms with Crippen LogP contribution in [0.2, 0.25) is 0 Å². The molecule has 25 heavy (non-hydrogen) atoms. The molecule has 0 aliphatic heterocycles. The van der Waals surface area contributed by atoms with Crippen LogP contribution in [0, 0.1) is 0 Å². The molecule has 0 aliphatic carbocycles. The summed E-state index contributed by atoms with van der Waals surface area (Å²) in [6.45, 7) is 4.02. The molecule has 0 heterocycles. The third kappa shape index (κ3) is 5.55. The SMILES string of the molecule is CCCNS(=O)(=O)c1ccc(NC(=O)/C(C)=C/c2ccccc2)cc1. The minimum absolute atomic E-state index is 0.176. The lowest BCUT2D eigenvalue weighted by Gasteiger charge is -2.08. The molecule has 2 N–H and O–H groups in total. The Bertz CT molecular complexity index is 842. The van der Waals surface area contributed by atoms with E-state index < -0.39 is 10.0 Å². The van der Waals surface area contributed by atoms with E-state index in [4.69, 9.17) is 0 Å². The Morgan fingerprint density at radius 3 is 2.28 bits per heavy atom. The quantitative estimate of drug-likeness (QED) is 0.745. The van der Waals surface area contributed by atoms with E-state index in [9.17, 15) is 13.2 Å². The topological polar surface area (TPSA) is 75.3 Å². The van der Waals surface area contributed by atoms with Gasteiger partial charge in [0.15, 0.2) is 0 Å². The number of nitrogens with one attached hydrogen (secondary N) is 2. The van der Waals surface area contributed by atoms with Crippen LogP contribution in [0.4, 0.5) is 5.69 Å². The van der Waals surface area contributed by atoms with Crippen molar-refractivity contribution in [1.82, 2.24) is 4.72 Å². The van der Waals surface area contributed by atoms with Gasteiger partial charge in [0.2, 0.25) is 10.0 Å². The van der Waals surface area contributed by atoms with Gasteiger partial charge in [-0.15, -0.1) is 0 Å². The zero-order valence-corrected chi connectivity index (χ0v) is 15.1. The van der Waals surface area contributed by atoms with Crippen LogP contribution in [0.1, 0.15) is 25.8 Å². The number of anilines is 1. The first kappa shape index (κ1) is 18.9. The van der Waals surface area contributed by atoms with Gasteiger partial charge in [-0.2, -0.15) is 0 Å². The van der Waals surface area contributed by atoms with Crippen LogP contribution >= 0.6 is 0 Å². The van der Waals surface area contributed by atoms with Gasteiger partial charge in [-0.25, -0.2) is 13.1 Å². The van der Waals surface area contributed by atoms with Crippen LogP contribution in [0.25, 0.3) is 6.08 Å². The first-order chi connectivity index (χ1) is 11.9. The lowest BCUT2D eigenvalue weighted by molar-refractivity contribution is -0.112. The van der Waals surface area contributed by atoms with Gasteiger partial charge in [0, 0.05) is 17.8 Å². The number of benzene rings is 2. The molecule has 132 valence electrons. The van der Waals surface area contributed by atoms with Gasteiger partial charge >= 0.3 is 0 Å². The van der Waals surface area contributed by atoms with Crippen LogP contribution in [-0.2, 0) is 14.8 Å². The Morgan fingerprint density at radius 1 is 1.04 bits per heavy atom. The number of hydrogen-bond donors (Lipinski definition) is 2. The van der Waals surface area contributed by atoms with Crippen molar-refractivity contribution in [2.24, 2.45) is 0 Å². The maximum Gasteiger partial charge on any atom is 0.251 e. The number of carbonyl (C=O) groups is 1. The monoisotopic (exact) mass is 358 g/mol. The number of amides is 1. The molecular weight excluding hydrogens is 336 g/mol. The highest BCUT2D eigenvalue weighted by molar-refractivity contribution is 7.89. The highest BCUT2D eigenvalue weighted by Crippen LogP contribution is 2.15. The van der Waals surface area contributed by atoms with Crippen LogP contribution < -0.4 is 10.0 Å². The Balaban J connectivity index is 2.06. The molecule has 0 radical (unpaired) electrons. The second kappa shape index (κ2) is 8.60. The average molecular weight is 358 g/mol. The van der Waals surface area contributed by atoms with Crippen molar-refractivity contribution in [3.05, 3.63) is 65.7 Å². The van der Waals surface area contributed by atoms with Gasteiger partial charge in [-0.3, -0.25) is 4.79 Å². The summed E-state index contributed by atoms with van der Waals surface area (Å²) in [6, 6.07) is 15.7. The highest BCUT2D eigenvalue weighted by atomic mass is 32.2. The molecule has 0 saturated carbocycles. The first-order valence-electron chi connectivity index (χ1n) is 8.07. The summed E-state index contributed by atoms with van der Waals surface area (Å²) in [7, 11) is -3.50.